The smallest absolute Gasteiger partial charge is 0.748 e. The van der Waals surface area contributed by atoms with Crippen LogP contribution in [0, 0.1) is 5.41 Å². The predicted octanol–water partition coefficient (Wildman–Crippen LogP) is -8.77. The van der Waals surface area contributed by atoms with E-state index in [1.165, 1.54) is 0 Å². The van der Waals surface area contributed by atoms with Gasteiger partial charge in [-0.1, -0.05) is 0 Å². The number of hydrogen-bond acceptors (Lipinski definition) is 10. The van der Waals surface area contributed by atoms with Gasteiger partial charge in [0.1, 0.15) is 5.75 Å². The van der Waals surface area contributed by atoms with Crippen molar-refractivity contribution in [2.45, 2.75) is 0 Å². The molecule has 32 heavy (non-hydrogen) atoms. The Morgan fingerprint density at radius 1 is 0.750 bits per heavy atom. The zero-order valence-corrected chi connectivity index (χ0v) is 19.5. The van der Waals surface area contributed by atoms with E-state index < -0.39 is 77.1 Å². The number of hydrogen-bond donors (Lipinski definition) is 0. The van der Waals surface area contributed by atoms with Crippen molar-refractivity contribution in [1.29, 1.82) is 0 Å². The molecule has 0 aliphatic carbocycles. The molecular weight excluding hydrogens is 490 g/mol. The van der Waals surface area contributed by atoms with Gasteiger partial charge in [-0.25, -0.2) is 29.6 Å². The molecule has 0 saturated carbocycles. The summed E-state index contributed by atoms with van der Waals surface area (Å²) in [6.07, 6.45) is -2.61. The van der Waals surface area contributed by atoms with Crippen molar-refractivity contribution in [2.75, 3.05) is 23.9 Å². The minimum Gasteiger partial charge on any atom is -0.748 e. The van der Waals surface area contributed by atoms with Gasteiger partial charge in [-0.05, 0) is 24.3 Å². The molecule has 0 aliphatic rings. The Bertz CT molecular complexity index is 1000. The molecule has 0 unspecified atom stereocenters. The standard InChI is InChI=1S/C13H15F3O10S3.3Li/c14-11(12(15)16)9-1-3-10(4-2-9)26-5-13(6-27(17,18)19,7-28(20,21)22)8-29(23,24)25;;;/h1-4H,5-8H2,(H,17,18,19)(H,20,21,22)(H,23,24,25);;;/q;3*+1/p-3. The van der Waals surface area contributed by atoms with Crippen molar-refractivity contribution >= 4 is 36.2 Å². The van der Waals surface area contributed by atoms with Crippen LogP contribution in [0.15, 0.2) is 30.3 Å². The fourth-order valence-corrected chi connectivity index (χ4v) is 5.92. The Morgan fingerprint density at radius 3 is 1.38 bits per heavy atom. The van der Waals surface area contributed by atoms with E-state index in [4.69, 9.17) is 4.74 Å². The maximum absolute atomic E-state index is 13.1. The Kier molecular flexibility index (Phi) is 15.8. The molecule has 0 atom stereocenters. The van der Waals surface area contributed by atoms with Crippen molar-refractivity contribution in [2.24, 2.45) is 5.41 Å². The molecule has 0 amide bonds. The molecule has 0 N–H and O–H groups in total. The summed E-state index contributed by atoms with van der Waals surface area (Å²) in [5.41, 5.74) is -3.31. The van der Waals surface area contributed by atoms with Gasteiger partial charge in [-0.3, -0.25) is 0 Å². The normalized spacial score (nSPS) is 11.9. The second-order valence-corrected chi connectivity index (χ2v) is 10.2. The van der Waals surface area contributed by atoms with Gasteiger partial charge >= 0.3 is 62.7 Å². The third-order valence-electron chi connectivity index (χ3n) is 3.27. The SMILES string of the molecule is O=S(=O)([O-])CC(COc1ccc(C(F)=C(F)F)cc1)(CS(=O)(=O)[O-])CS(=O)(=O)[O-].[Li+].[Li+].[Li+]. The van der Waals surface area contributed by atoms with E-state index in [9.17, 15) is 52.1 Å². The molecule has 1 rings (SSSR count). The third kappa shape index (κ3) is 14.4. The maximum Gasteiger partial charge on any atom is 1.00 e. The van der Waals surface area contributed by atoms with Crippen molar-refractivity contribution in [3.63, 3.8) is 0 Å². The molecule has 166 valence electrons. The van der Waals surface area contributed by atoms with Gasteiger partial charge in [0.25, 0.3) is 0 Å². The van der Waals surface area contributed by atoms with Crippen LogP contribution in [-0.4, -0.2) is 62.8 Å². The predicted molar refractivity (Wildman–Crippen MR) is 88.3 cm³/mol. The third-order valence-corrected chi connectivity index (χ3v) is 6.17. The van der Waals surface area contributed by atoms with E-state index >= 15 is 0 Å². The van der Waals surface area contributed by atoms with Crippen molar-refractivity contribution < 1.29 is 113 Å². The van der Waals surface area contributed by atoms with Gasteiger partial charge < -0.3 is 18.4 Å². The molecule has 0 saturated heterocycles. The quantitative estimate of drug-likeness (QED) is 0.220. The van der Waals surface area contributed by atoms with Crippen LogP contribution in [-0.2, 0) is 30.4 Å². The van der Waals surface area contributed by atoms with E-state index in [1.807, 2.05) is 0 Å². The minimum absolute atomic E-state index is 0. The van der Waals surface area contributed by atoms with Gasteiger partial charge in [-0.2, -0.15) is 8.78 Å². The summed E-state index contributed by atoms with van der Waals surface area (Å²) >= 11 is 0. The van der Waals surface area contributed by atoms with Gasteiger partial charge in [-0.15, -0.1) is 0 Å². The first-order valence-electron chi connectivity index (χ1n) is 7.16. The first-order valence-corrected chi connectivity index (χ1v) is 11.9. The average molecular weight is 502 g/mol. The van der Waals surface area contributed by atoms with E-state index in [0.29, 0.717) is 0 Å². The van der Waals surface area contributed by atoms with E-state index in [0.717, 1.165) is 24.3 Å². The molecule has 0 bridgehead atoms. The van der Waals surface area contributed by atoms with E-state index in [1.54, 1.807) is 0 Å². The average Bonchev–Trinajstić information content (AvgIpc) is 2.47. The van der Waals surface area contributed by atoms with Crippen LogP contribution >= 0.6 is 0 Å². The summed E-state index contributed by atoms with van der Waals surface area (Å²) in [6.45, 7) is -1.20. The number of rotatable bonds is 10. The van der Waals surface area contributed by atoms with E-state index in [2.05, 4.69) is 0 Å². The number of halogens is 3. The summed E-state index contributed by atoms with van der Waals surface area (Å²) in [7, 11) is -16.0. The zero-order chi connectivity index (χ0) is 22.7. The van der Waals surface area contributed by atoms with Crippen LogP contribution < -0.4 is 61.3 Å². The minimum atomic E-state index is -5.33. The molecule has 0 radical (unpaired) electrons. The largest absolute Gasteiger partial charge is 1.00 e. The second-order valence-electron chi connectivity index (χ2n) is 5.99. The monoisotopic (exact) mass is 502 g/mol. The molecule has 0 spiro atoms. The van der Waals surface area contributed by atoms with Crippen molar-refractivity contribution in [3.05, 3.63) is 35.9 Å². The van der Waals surface area contributed by atoms with Crippen LogP contribution in [0.2, 0.25) is 0 Å². The summed E-state index contributed by atoms with van der Waals surface area (Å²) in [5.74, 6) is -7.36. The van der Waals surface area contributed by atoms with Crippen LogP contribution in [0.5, 0.6) is 5.75 Å². The fourth-order valence-electron chi connectivity index (χ4n) is 2.42. The number of ether oxygens (including phenoxy) is 1. The molecule has 0 aliphatic heterocycles. The topological polar surface area (TPSA) is 181 Å². The van der Waals surface area contributed by atoms with Crippen LogP contribution in [0.1, 0.15) is 5.56 Å². The van der Waals surface area contributed by atoms with Crippen LogP contribution in [0.25, 0.3) is 5.83 Å². The molecule has 19 heteroatoms. The van der Waals surface area contributed by atoms with Gasteiger partial charge in [0.2, 0.25) is 0 Å². The van der Waals surface area contributed by atoms with Crippen LogP contribution in [0.3, 0.4) is 0 Å². The first-order chi connectivity index (χ1) is 12.9. The summed E-state index contributed by atoms with van der Waals surface area (Å²) in [6, 6.07) is 3.35. The second kappa shape index (κ2) is 13.8. The van der Waals surface area contributed by atoms with Crippen LogP contribution in [0.4, 0.5) is 13.2 Å². The Hall–Kier alpha value is 0.0722. The molecule has 0 fully saturated rings. The fraction of sp³-hybridized carbons (Fsp3) is 0.385. The number of benzene rings is 1. The summed E-state index contributed by atoms with van der Waals surface area (Å²) < 4.78 is 142. The van der Waals surface area contributed by atoms with E-state index in [-0.39, 0.29) is 62.3 Å². The molecule has 0 aromatic heterocycles. The maximum atomic E-state index is 13.1. The molecule has 1 aromatic rings. The van der Waals surface area contributed by atoms with Gasteiger partial charge in [0.15, 0.2) is 5.83 Å². The molecule has 0 heterocycles. The molecular formula is C13H12F3Li3O10S3. The Balaban J connectivity index is -0.00000280. The van der Waals surface area contributed by atoms with Crippen molar-refractivity contribution in [1.82, 2.24) is 0 Å². The Labute approximate surface area is 219 Å². The molecule has 1 aromatic carbocycles. The summed E-state index contributed by atoms with van der Waals surface area (Å²) in [4.78, 5) is 0. The summed E-state index contributed by atoms with van der Waals surface area (Å²) in [5, 5.41) is 0. The Morgan fingerprint density at radius 2 is 1.09 bits per heavy atom. The van der Waals surface area contributed by atoms with Gasteiger partial charge in [0.05, 0.1) is 37.0 Å². The van der Waals surface area contributed by atoms with Gasteiger partial charge in [0, 0.05) is 28.2 Å². The first kappa shape index (κ1) is 36.6. The van der Waals surface area contributed by atoms with Crippen molar-refractivity contribution in [3.8, 4) is 5.75 Å². The zero-order valence-electron chi connectivity index (χ0n) is 17.1. The molecule has 10 nitrogen and oxygen atoms in total.